The van der Waals surface area contributed by atoms with Gasteiger partial charge in [-0.25, -0.2) is 4.98 Å². The molecule has 3 heterocycles. The molecule has 0 radical (unpaired) electrons. The highest BCUT2D eigenvalue weighted by molar-refractivity contribution is 5.78. The predicted molar refractivity (Wildman–Crippen MR) is 112 cm³/mol. The first-order valence-corrected chi connectivity index (χ1v) is 9.41. The molecule has 0 aliphatic rings. The monoisotopic (exact) mass is 401 g/mol. The molecule has 4 aromatic rings. The molecular weight excluding hydrogens is 382 g/mol. The molecule has 0 spiro atoms. The van der Waals surface area contributed by atoms with Gasteiger partial charge in [-0.3, -0.25) is 28.5 Å². The van der Waals surface area contributed by atoms with Gasteiger partial charge in [-0.05, 0) is 29.3 Å². The fourth-order valence-corrected chi connectivity index (χ4v) is 3.22. The first-order chi connectivity index (χ1) is 14.6. The van der Waals surface area contributed by atoms with Gasteiger partial charge >= 0.3 is 11.1 Å². The molecule has 0 atom stereocenters. The number of hydrogen-bond donors (Lipinski definition) is 1. The Morgan fingerprint density at radius 1 is 0.867 bits per heavy atom. The molecule has 1 N–H and O–H groups in total. The zero-order chi connectivity index (χ0) is 20.9. The molecule has 1 aromatic carbocycles. The summed E-state index contributed by atoms with van der Waals surface area (Å²) in [6.45, 7) is 0.224. The van der Waals surface area contributed by atoms with Crippen LogP contribution in [0.5, 0.6) is 0 Å². The highest BCUT2D eigenvalue weighted by Gasteiger charge is 2.16. The second-order valence-corrected chi connectivity index (χ2v) is 6.75. The average Bonchev–Trinajstić information content (AvgIpc) is 2.79. The van der Waals surface area contributed by atoms with E-state index in [4.69, 9.17) is 0 Å². The molecule has 0 fully saturated rings. The van der Waals surface area contributed by atoms with Gasteiger partial charge in [0.2, 0.25) is 5.91 Å². The van der Waals surface area contributed by atoms with Crippen LogP contribution in [0.4, 0.5) is 0 Å². The van der Waals surface area contributed by atoms with E-state index < -0.39 is 11.1 Å². The van der Waals surface area contributed by atoms with E-state index in [0.29, 0.717) is 11.2 Å². The Morgan fingerprint density at radius 2 is 1.60 bits per heavy atom. The number of aromatic nitrogens is 4. The highest BCUT2D eigenvalue weighted by atomic mass is 16.2. The summed E-state index contributed by atoms with van der Waals surface area (Å²) in [4.78, 5) is 46.4. The summed E-state index contributed by atoms with van der Waals surface area (Å²) in [7, 11) is 0. The Labute approximate surface area is 171 Å². The normalized spacial score (nSPS) is 10.8. The summed E-state index contributed by atoms with van der Waals surface area (Å²) in [5.41, 5.74) is 1.01. The van der Waals surface area contributed by atoms with Gasteiger partial charge in [-0.2, -0.15) is 0 Å². The Bertz CT molecular complexity index is 1300. The minimum Gasteiger partial charge on any atom is -0.350 e. The van der Waals surface area contributed by atoms with Gasteiger partial charge in [-0.1, -0.05) is 36.4 Å². The number of nitrogens with zero attached hydrogens (tertiary/aromatic N) is 4. The first kappa shape index (κ1) is 19.3. The third-order valence-corrected chi connectivity index (χ3v) is 4.68. The zero-order valence-electron chi connectivity index (χ0n) is 16.1. The average molecular weight is 401 g/mol. The lowest BCUT2D eigenvalue weighted by Crippen LogP contribution is -2.44. The van der Waals surface area contributed by atoms with Crippen molar-refractivity contribution < 1.29 is 4.79 Å². The van der Waals surface area contributed by atoms with E-state index in [-0.39, 0.29) is 25.5 Å². The van der Waals surface area contributed by atoms with E-state index in [2.05, 4.69) is 15.3 Å². The minimum absolute atomic E-state index is 0.219. The molecule has 1 amide bonds. The first-order valence-electron chi connectivity index (χ1n) is 9.41. The van der Waals surface area contributed by atoms with Crippen molar-refractivity contribution in [1.29, 1.82) is 0 Å². The number of rotatable bonds is 6. The van der Waals surface area contributed by atoms with E-state index in [0.717, 1.165) is 11.1 Å². The molecule has 0 saturated carbocycles. The molecule has 0 unspecified atom stereocenters. The van der Waals surface area contributed by atoms with Crippen molar-refractivity contribution in [1.82, 2.24) is 24.4 Å². The van der Waals surface area contributed by atoms with E-state index in [1.165, 1.54) is 9.13 Å². The number of carbonyl (C=O) groups is 1. The van der Waals surface area contributed by atoms with Crippen LogP contribution >= 0.6 is 0 Å². The molecule has 0 aliphatic heterocycles. The van der Waals surface area contributed by atoms with E-state index in [1.807, 2.05) is 36.4 Å². The minimum atomic E-state index is -0.761. The number of nitrogens with one attached hydrogen (secondary N) is 1. The summed E-state index contributed by atoms with van der Waals surface area (Å²) >= 11 is 0. The van der Waals surface area contributed by atoms with Crippen molar-refractivity contribution in [3.8, 4) is 0 Å². The van der Waals surface area contributed by atoms with E-state index >= 15 is 0 Å². The zero-order valence-corrected chi connectivity index (χ0v) is 16.1. The lowest BCUT2D eigenvalue weighted by Gasteiger charge is -2.14. The van der Waals surface area contributed by atoms with Crippen LogP contribution in [0.2, 0.25) is 0 Å². The molecule has 0 aliphatic carbocycles. The van der Waals surface area contributed by atoms with E-state index in [1.54, 1.807) is 36.8 Å². The van der Waals surface area contributed by atoms with Crippen LogP contribution in [-0.4, -0.2) is 25.0 Å². The van der Waals surface area contributed by atoms with Gasteiger partial charge in [0, 0.05) is 25.1 Å². The molecule has 150 valence electrons. The largest absolute Gasteiger partial charge is 0.350 e. The topological polar surface area (TPSA) is 98.9 Å². The molecule has 8 nitrogen and oxygen atoms in total. The fourth-order valence-electron chi connectivity index (χ4n) is 3.22. The summed E-state index contributed by atoms with van der Waals surface area (Å²) < 4.78 is 2.52. The van der Waals surface area contributed by atoms with Crippen LogP contribution in [0.1, 0.15) is 11.1 Å². The van der Waals surface area contributed by atoms with Crippen molar-refractivity contribution in [3.05, 3.63) is 105 Å². The summed E-state index contributed by atoms with van der Waals surface area (Å²) in [6.07, 6.45) is 4.85. The van der Waals surface area contributed by atoms with Gasteiger partial charge in [0.1, 0.15) is 6.54 Å². The van der Waals surface area contributed by atoms with Crippen molar-refractivity contribution in [3.63, 3.8) is 0 Å². The van der Waals surface area contributed by atoms with Crippen molar-refractivity contribution >= 4 is 17.1 Å². The second-order valence-electron chi connectivity index (χ2n) is 6.75. The van der Waals surface area contributed by atoms with Gasteiger partial charge in [-0.15, -0.1) is 0 Å². The third kappa shape index (κ3) is 4.02. The van der Waals surface area contributed by atoms with Crippen LogP contribution in [0.15, 0.2) is 82.8 Å². The Morgan fingerprint density at radius 3 is 2.37 bits per heavy atom. The molecule has 0 bridgehead atoms. The number of benzene rings is 1. The van der Waals surface area contributed by atoms with Crippen LogP contribution < -0.4 is 16.4 Å². The number of hydrogen-bond acceptors (Lipinski definition) is 5. The lowest BCUT2D eigenvalue weighted by molar-refractivity contribution is -0.121. The standard InChI is InChI=1S/C22H19N5O3/c28-19(25-13-17-8-4-10-23-12-17)15-26-18-9-5-11-24-20(18)27(22(30)21(26)29)14-16-6-2-1-3-7-16/h1-12H,13-15H2,(H,25,28). The maximum absolute atomic E-state index is 12.8. The fraction of sp³-hybridized carbons (Fsp3) is 0.136. The summed E-state index contributed by atoms with van der Waals surface area (Å²) in [5, 5.41) is 2.75. The van der Waals surface area contributed by atoms with Crippen molar-refractivity contribution in [2.24, 2.45) is 0 Å². The van der Waals surface area contributed by atoms with Crippen LogP contribution in [0, 0.1) is 0 Å². The summed E-state index contributed by atoms with van der Waals surface area (Å²) in [6, 6.07) is 16.3. The quantitative estimate of drug-likeness (QED) is 0.491. The molecule has 30 heavy (non-hydrogen) atoms. The van der Waals surface area contributed by atoms with Crippen molar-refractivity contribution in [2.45, 2.75) is 19.6 Å². The molecule has 4 rings (SSSR count). The maximum Gasteiger partial charge on any atom is 0.318 e. The molecule has 3 aromatic heterocycles. The second kappa shape index (κ2) is 8.52. The Balaban J connectivity index is 1.67. The number of pyridine rings is 2. The van der Waals surface area contributed by atoms with Crippen molar-refractivity contribution in [2.75, 3.05) is 0 Å². The van der Waals surface area contributed by atoms with E-state index in [9.17, 15) is 14.4 Å². The number of fused-ring (bicyclic) bond motifs is 1. The van der Waals surface area contributed by atoms with Crippen LogP contribution in [0.3, 0.4) is 0 Å². The predicted octanol–water partition coefficient (Wildman–Crippen LogP) is 1.32. The summed E-state index contributed by atoms with van der Waals surface area (Å²) in [5.74, 6) is -0.383. The van der Waals surface area contributed by atoms with Gasteiger partial charge in [0.15, 0.2) is 5.65 Å². The maximum atomic E-state index is 12.8. The van der Waals surface area contributed by atoms with Crippen LogP contribution in [0.25, 0.3) is 11.2 Å². The Kier molecular flexibility index (Phi) is 5.47. The van der Waals surface area contributed by atoms with Gasteiger partial charge in [0.25, 0.3) is 0 Å². The van der Waals surface area contributed by atoms with Gasteiger partial charge < -0.3 is 5.32 Å². The molecule has 8 heteroatoms. The lowest BCUT2D eigenvalue weighted by atomic mass is 10.2. The molecule has 0 saturated heterocycles. The SMILES string of the molecule is O=C(Cn1c(=O)c(=O)n(Cc2ccccc2)c2ncccc21)NCc1cccnc1. The number of amides is 1. The Hall–Kier alpha value is -4.07. The van der Waals surface area contributed by atoms with Crippen LogP contribution in [-0.2, 0) is 24.4 Å². The smallest absolute Gasteiger partial charge is 0.318 e. The third-order valence-electron chi connectivity index (χ3n) is 4.68. The molecular formula is C22H19N5O3. The number of carbonyl (C=O) groups excluding carboxylic acids is 1. The highest BCUT2D eigenvalue weighted by Crippen LogP contribution is 2.10. The van der Waals surface area contributed by atoms with Gasteiger partial charge in [0.05, 0.1) is 12.1 Å².